The van der Waals surface area contributed by atoms with Crippen molar-refractivity contribution >= 4 is 11.6 Å². The molecule has 0 saturated heterocycles. The van der Waals surface area contributed by atoms with Gasteiger partial charge in [-0.1, -0.05) is 38.5 Å². The molecule has 1 amide bonds. The second-order valence-corrected chi connectivity index (χ2v) is 7.08. The molecular formula is C19H27NO. The zero-order chi connectivity index (χ0) is 14.8. The van der Waals surface area contributed by atoms with Crippen LogP contribution < -0.4 is 5.32 Å². The minimum absolute atomic E-state index is 0.211. The summed E-state index contributed by atoms with van der Waals surface area (Å²) in [6.45, 7) is 4.42. The van der Waals surface area contributed by atoms with Gasteiger partial charge < -0.3 is 5.32 Å². The number of anilines is 1. The third kappa shape index (κ3) is 3.14. The van der Waals surface area contributed by atoms with Crippen LogP contribution in [0, 0.1) is 17.8 Å². The lowest BCUT2D eigenvalue weighted by molar-refractivity contribution is -0.117. The fraction of sp³-hybridized carbons (Fsp3) is 0.632. The van der Waals surface area contributed by atoms with Crippen LogP contribution in [0.5, 0.6) is 0 Å². The minimum atomic E-state index is 0.211. The second kappa shape index (κ2) is 6.21. The van der Waals surface area contributed by atoms with Crippen molar-refractivity contribution in [1.82, 2.24) is 0 Å². The van der Waals surface area contributed by atoms with Gasteiger partial charge in [-0.25, -0.2) is 0 Å². The summed E-state index contributed by atoms with van der Waals surface area (Å²) in [6.07, 6.45) is 7.23. The number of rotatable bonds is 5. The maximum Gasteiger partial charge on any atom is 0.224 e. The van der Waals surface area contributed by atoms with E-state index in [1.165, 1.54) is 31.2 Å². The molecule has 0 heterocycles. The van der Waals surface area contributed by atoms with Gasteiger partial charge in [0.15, 0.2) is 0 Å². The first-order valence-electron chi connectivity index (χ1n) is 8.56. The fourth-order valence-corrected chi connectivity index (χ4v) is 4.33. The van der Waals surface area contributed by atoms with E-state index >= 15 is 0 Å². The molecule has 0 radical (unpaired) electrons. The van der Waals surface area contributed by atoms with Crippen LogP contribution in [0.4, 0.5) is 5.69 Å². The summed E-state index contributed by atoms with van der Waals surface area (Å²) in [5, 5.41) is 3.17. The van der Waals surface area contributed by atoms with E-state index in [1.54, 1.807) is 0 Å². The van der Waals surface area contributed by atoms with Gasteiger partial charge in [-0.3, -0.25) is 4.79 Å². The predicted molar refractivity (Wildman–Crippen MR) is 87.3 cm³/mol. The molecule has 1 aromatic rings. The number of para-hydroxylation sites is 1. The van der Waals surface area contributed by atoms with Gasteiger partial charge in [-0.2, -0.15) is 0 Å². The molecule has 2 nitrogen and oxygen atoms in total. The highest BCUT2D eigenvalue weighted by atomic mass is 16.1. The Balaban J connectivity index is 1.62. The highest BCUT2D eigenvalue weighted by Crippen LogP contribution is 2.49. The van der Waals surface area contributed by atoms with E-state index in [1.807, 2.05) is 12.1 Å². The zero-order valence-corrected chi connectivity index (χ0v) is 13.3. The van der Waals surface area contributed by atoms with Crippen LogP contribution in [-0.2, 0) is 4.79 Å². The number of carbonyl (C=O) groups excluding carboxylic acids is 1. The van der Waals surface area contributed by atoms with Crippen molar-refractivity contribution in [1.29, 1.82) is 0 Å². The standard InChI is InChI=1S/C19H27NO/c1-3-13(2)17-6-4-5-7-18(17)20-19(21)12-16-11-14-8-9-15(16)10-14/h4-7,13-16H,3,8-12H2,1-2H3,(H,20,21). The van der Waals surface area contributed by atoms with Crippen molar-refractivity contribution in [2.45, 2.75) is 58.3 Å². The zero-order valence-electron chi connectivity index (χ0n) is 13.3. The van der Waals surface area contributed by atoms with E-state index in [0.717, 1.165) is 30.4 Å². The molecule has 4 atom stereocenters. The summed E-state index contributed by atoms with van der Waals surface area (Å²) in [7, 11) is 0. The van der Waals surface area contributed by atoms with Crippen LogP contribution >= 0.6 is 0 Å². The molecule has 0 spiro atoms. The van der Waals surface area contributed by atoms with Crippen molar-refractivity contribution < 1.29 is 4.79 Å². The maximum absolute atomic E-state index is 12.4. The Hall–Kier alpha value is -1.31. The number of hydrogen-bond acceptors (Lipinski definition) is 1. The predicted octanol–water partition coefficient (Wildman–Crippen LogP) is 4.96. The molecule has 2 aliphatic carbocycles. The Kier molecular flexibility index (Phi) is 4.32. The summed E-state index contributed by atoms with van der Waals surface area (Å²) < 4.78 is 0. The SMILES string of the molecule is CCC(C)c1ccccc1NC(=O)CC1CC2CCC1C2. The molecule has 114 valence electrons. The lowest BCUT2D eigenvalue weighted by Crippen LogP contribution is -2.21. The topological polar surface area (TPSA) is 29.1 Å². The summed E-state index contributed by atoms with van der Waals surface area (Å²) in [4.78, 5) is 12.4. The normalized spacial score (nSPS) is 28.6. The van der Waals surface area contributed by atoms with Crippen molar-refractivity contribution in [3.05, 3.63) is 29.8 Å². The highest BCUT2D eigenvalue weighted by Gasteiger charge is 2.40. The van der Waals surface area contributed by atoms with Crippen LogP contribution in [0.2, 0.25) is 0 Å². The van der Waals surface area contributed by atoms with Crippen LogP contribution in [-0.4, -0.2) is 5.91 Å². The minimum Gasteiger partial charge on any atom is -0.326 e. The Labute approximate surface area is 128 Å². The second-order valence-electron chi connectivity index (χ2n) is 7.08. The van der Waals surface area contributed by atoms with Gasteiger partial charge in [0.25, 0.3) is 0 Å². The molecule has 4 unspecified atom stereocenters. The van der Waals surface area contributed by atoms with Gasteiger partial charge in [0.1, 0.15) is 0 Å². The van der Waals surface area contributed by atoms with Gasteiger partial charge in [0.05, 0.1) is 0 Å². The first-order chi connectivity index (χ1) is 10.2. The Morgan fingerprint density at radius 3 is 2.76 bits per heavy atom. The van der Waals surface area contributed by atoms with Crippen molar-refractivity contribution in [3.63, 3.8) is 0 Å². The van der Waals surface area contributed by atoms with Crippen molar-refractivity contribution in [2.75, 3.05) is 5.32 Å². The monoisotopic (exact) mass is 285 g/mol. The highest BCUT2D eigenvalue weighted by molar-refractivity contribution is 5.91. The molecule has 2 bridgehead atoms. The lowest BCUT2D eigenvalue weighted by atomic mass is 9.86. The number of benzene rings is 1. The molecule has 2 aliphatic rings. The first-order valence-corrected chi connectivity index (χ1v) is 8.56. The molecule has 2 fully saturated rings. The Morgan fingerprint density at radius 2 is 2.10 bits per heavy atom. The molecule has 3 rings (SSSR count). The molecule has 0 aromatic heterocycles. The fourth-order valence-electron chi connectivity index (χ4n) is 4.33. The molecule has 2 heteroatoms. The van der Waals surface area contributed by atoms with Gasteiger partial charge >= 0.3 is 0 Å². The molecule has 21 heavy (non-hydrogen) atoms. The van der Waals surface area contributed by atoms with Gasteiger partial charge in [0.2, 0.25) is 5.91 Å². The number of carbonyl (C=O) groups is 1. The number of fused-ring (bicyclic) bond motifs is 2. The van der Waals surface area contributed by atoms with Gasteiger partial charge in [0, 0.05) is 12.1 Å². The summed E-state index contributed by atoms with van der Waals surface area (Å²) >= 11 is 0. The smallest absolute Gasteiger partial charge is 0.224 e. The lowest BCUT2D eigenvalue weighted by Gasteiger charge is -2.22. The molecule has 1 N–H and O–H groups in total. The summed E-state index contributed by atoms with van der Waals surface area (Å²) in [5.74, 6) is 3.08. The Bertz CT molecular complexity index is 510. The quantitative estimate of drug-likeness (QED) is 0.813. The average molecular weight is 285 g/mol. The van der Waals surface area contributed by atoms with E-state index in [0.29, 0.717) is 11.8 Å². The molecular weight excluding hydrogens is 258 g/mol. The summed E-state index contributed by atoms with van der Waals surface area (Å²) in [5.41, 5.74) is 2.28. The number of nitrogens with one attached hydrogen (secondary N) is 1. The number of amides is 1. The maximum atomic E-state index is 12.4. The largest absolute Gasteiger partial charge is 0.326 e. The van der Waals surface area contributed by atoms with Gasteiger partial charge in [-0.15, -0.1) is 0 Å². The van der Waals surface area contributed by atoms with E-state index in [9.17, 15) is 4.79 Å². The van der Waals surface area contributed by atoms with E-state index in [4.69, 9.17) is 0 Å². The van der Waals surface area contributed by atoms with E-state index in [-0.39, 0.29) is 5.91 Å². The third-order valence-electron chi connectivity index (χ3n) is 5.71. The van der Waals surface area contributed by atoms with Crippen LogP contribution in [0.15, 0.2) is 24.3 Å². The van der Waals surface area contributed by atoms with Crippen molar-refractivity contribution in [2.24, 2.45) is 17.8 Å². The van der Waals surface area contributed by atoms with Crippen LogP contribution in [0.3, 0.4) is 0 Å². The molecule has 2 saturated carbocycles. The van der Waals surface area contributed by atoms with Crippen molar-refractivity contribution in [3.8, 4) is 0 Å². The Morgan fingerprint density at radius 1 is 1.29 bits per heavy atom. The van der Waals surface area contributed by atoms with Crippen LogP contribution in [0.25, 0.3) is 0 Å². The molecule has 1 aromatic carbocycles. The van der Waals surface area contributed by atoms with E-state index < -0.39 is 0 Å². The van der Waals surface area contributed by atoms with Crippen LogP contribution in [0.1, 0.15) is 63.9 Å². The average Bonchev–Trinajstić information content (AvgIpc) is 3.09. The molecule has 0 aliphatic heterocycles. The van der Waals surface area contributed by atoms with E-state index in [2.05, 4.69) is 31.3 Å². The summed E-state index contributed by atoms with van der Waals surface area (Å²) in [6, 6.07) is 8.26. The first kappa shape index (κ1) is 14.6. The number of hydrogen-bond donors (Lipinski definition) is 1. The van der Waals surface area contributed by atoms with Gasteiger partial charge in [-0.05, 0) is 61.0 Å². The third-order valence-corrected chi connectivity index (χ3v) is 5.71.